The fraction of sp³-hybridized carbons (Fsp3) is 0.417. The summed E-state index contributed by atoms with van der Waals surface area (Å²) in [7, 11) is -3.32. The van der Waals surface area contributed by atoms with Gasteiger partial charge in [0.05, 0.1) is 23.0 Å². The van der Waals surface area contributed by atoms with Crippen LogP contribution in [-0.2, 0) is 14.8 Å². The fourth-order valence-electron chi connectivity index (χ4n) is 1.96. The molecule has 1 saturated heterocycles. The van der Waals surface area contributed by atoms with E-state index in [2.05, 4.69) is 5.32 Å². The lowest BCUT2D eigenvalue weighted by Gasteiger charge is -2.25. The number of amides is 1. The molecule has 1 aliphatic heterocycles. The van der Waals surface area contributed by atoms with Crippen LogP contribution in [0.15, 0.2) is 18.2 Å². The minimum absolute atomic E-state index is 0.0954. The van der Waals surface area contributed by atoms with Crippen molar-refractivity contribution < 1.29 is 13.2 Å². The first-order valence-corrected chi connectivity index (χ1v) is 8.48. The van der Waals surface area contributed by atoms with Gasteiger partial charge in [-0.15, -0.1) is 0 Å². The van der Waals surface area contributed by atoms with Crippen molar-refractivity contribution in [3.05, 3.63) is 28.2 Å². The number of carbonyl (C=O) groups excluding carboxylic acids is 1. The van der Waals surface area contributed by atoms with Gasteiger partial charge in [0.1, 0.15) is 0 Å². The van der Waals surface area contributed by atoms with Gasteiger partial charge in [0.15, 0.2) is 0 Å². The normalized spacial score (nSPS) is 18.7. The molecule has 0 saturated carbocycles. The van der Waals surface area contributed by atoms with E-state index in [-0.39, 0.29) is 12.3 Å². The lowest BCUT2D eigenvalue weighted by atomic mass is 10.3. The van der Waals surface area contributed by atoms with Gasteiger partial charge in [-0.3, -0.25) is 4.79 Å². The van der Waals surface area contributed by atoms with E-state index in [0.29, 0.717) is 28.7 Å². The van der Waals surface area contributed by atoms with Gasteiger partial charge in [-0.05, 0) is 31.0 Å². The Balaban J connectivity index is 2.04. The third kappa shape index (κ3) is 3.85. The Morgan fingerprint density at radius 1 is 1.30 bits per heavy atom. The maximum absolute atomic E-state index is 11.9. The molecule has 0 atom stereocenters. The molecule has 1 aromatic carbocycles. The van der Waals surface area contributed by atoms with Crippen LogP contribution in [0.25, 0.3) is 0 Å². The lowest BCUT2D eigenvalue weighted by Crippen LogP contribution is -2.42. The van der Waals surface area contributed by atoms with E-state index in [0.717, 1.165) is 6.42 Å². The number of hydrogen-bond acceptors (Lipinski definition) is 3. The van der Waals surface area contributed by atoms with Crippen LogP contribution in [0.4, 0.5) is 5.69 Å². The molecule has 2 rings (SSSR count). The summed E-state index contributed by atoms with van der Waals surface area (Å²) in [5, 5.41) is 3.37. The van der Waals surface area contributed by atoms with Crippen LogP contribution in [0.1, 0.15) is 12.8 Å². The van der Waals surface area contributed by atoms with Crippen molar-refractivity contribution in [2.45, 2.75) is 12.8 Å². The fourth-order valence-corrected chi connectivity index (χ4v) is 3.85. The minimum atomic E-state index is -3.32. The summed E-state index contributed by atoms with van der Waals surface area (Å²) < 4.78 is 24.8. The smallest absolute Gasteiger partial charge is 0.239 e. The number of nitrogens with zero attached hydrogens (tertiary/aromatic N) is 1. The summed E-state index contributed by atoms with van der Waals surface area (Å²) in [5.74, 6) is -0.335. The van der Waals surface area contributed by atoms with E-state index in [4.69, 9.17) is 23.2 Å². The highest BCUT2D eigenvalue weighted by molar-refractivity contribution is 7.89. The van der Waals surface area contributed by atoms with Gasteiger partial charge >= 0.3 is 0 Å². The maximum Gasteiger partial charge on any atom is 0.239 e. The average Bonchev–Trinajstić information content (AvgIpc) is 2.36. The monoisotopic (exact) mass is 336 g/mol. The number of sulfonamides is 1. The number of benzene rings is 1. The molecule has 0 spiro atoms. The molecule has 8 heteroatoms. The highest BCUT2D eigenvalue weighted by atomic mass is 35.5. The van der Waals surface area contributed by atoms with E-state index in [1.807, 2.05) is 0 Å². The van der Waals surface area contributed by atoms with Gasteiger partial charge in [0.25, 0.3) is 0 Å². The molecule has 1 fully saturated rings. The molecular formula is C12H14Cl2N2O3S. The minimum Gasteiger partial charge on any atom is -0.324 e. The van der Waals surface area contributed by atoms with E-state index < -0.39 is 15.9 Å². The molecule has 0 aromatic heterocycles. The van der Waals surface area contributed by atoms with E-state index >= 15 is 0 Å². The van der Waals surface area contributed by atoms with Crippen LogP contribution < -0.4 is 5.32 Å². The quantitative estimate of drug-likeness (QED) is 0.921. The van der Waals surface area contributed by atoms with E-state index in [1.54, 1.807) is 12.1 Å². The number of carbonyl (C=O) groups is 1. The predicted octanol–water partition coefficient (Wildman–Crippen LogP) is 2.36. The van der Waals surface area contributed by atoms with Gasteiger partial charge in [-0.25, -0.2) is 8.42 Å². The molecule has 1 heterocycles. The summed E-state index contributed by atoms with van der Waals surface area (Å²) in [6.07, 6.45) is 1.41. The molecule has 20 heavy (non-hydrogen) atoms. The second kappa shape index (κ2) is 6.30. The Bertz CT molecular complexity index is 619. The zero-order chi connectivity index (χ0) is 14.8. The Labute approximate surface area is 127 Å². The molecule has 1 amide bonds. The van der Waals surface area contributed by atoms with Crippen LogP contribution in [0.2, 0.25) is 10.0 Å². The Hall–Kier alpha value is -0.820. The largest absolute Gasteiger partial charge is 0.324 e. The third-order valence-corrected chi connectivity index (χ3v) is 5.44. The molecule has 1 aliphatic rings. The zero-order valence-corrected chi connectivity index (χ0v) is 12.9. The number of hydrogen-bond donors (Lipinski definition) is 1. The topological polar surface area (TPSA) is 66.5 Å². The zero-order valence-electron chi connectivity index (χ0n) is 10.6. The second-order valence-electron chi connectivity index (χ2n) is 4.53. The molecule has 0 bridgehead atoms. The first-order chi connectivity index (χ1) is 9.38. The van der Waals surface area contributed by atoms with Crippen molar-refractivity contribution in [2.24, 2.45) is 0 Å². The van der Waals surface area contributed by atoms with E-state index in [1.165, 1.54) is 10.4 Å². The Morgan fingerprint density at radius 2 is 2.05 bits per heavy atom. The highest BCUT2D eigenvalue weighted by Crippen LogP contribution is 2.25. The van der Waals surface area contributed by atoms with Crippen LogP contribution in [0.5, 0.6) is 0 Å². The van der Waals surface area contributed by atoms with Crippen LogP contribution in [-0.4, -0.2) is 37.5 Å². The first-order valence-electron chi connectivity index (χ1n) is 6.11. The number of anilines is 1. The molecule has 5 nitrogen and oxygen atoms in total. The summed E-state index contributed by atoms with van der Waals surface area (Å²) in [5.41, 5.74) is 0.374. The molecule has 0 unspecified atom stereocenters. The Kier molecular flexibility index (Phi) is 4.90. The van der Waals surface area contributed by atoms with Gasteiger partial charge in [-0.1, -0.05) is 23.2 Å². The lowest BCUT2D eigenvalue weighted by molar-refractivity contribution is -0.116. The van der Waals surface area contributed by atoms with E-state index in [9.17, 15) is 13.2 Å². The first kappa shape index (κ1) is 15.6. The van der Waals surface area contributed by atoms with Crippen molar-refractivity contribution in [1.29, 1.82) is 0 Å². The van der Waals surface area contributed by atoms with Crippen molar-refractivity contribution in [2.75, 3.05) is 24.2 Å². The molecule has 1 N–H and O–H groups in total. The predicted molar refractivity (Wildman–Crippen MR) is 79.7 cm³/mol. The van der Waals surface area contributed by atoms with Crippen molar-refractivity contribution in [3.8, 4) is 0 Å². The van der Waals surface area contributed by atoms with Gasteiger partial charge in [0.2, 0.25) is 15.9 Å². The standard InChI is InChI=1S/C12H14Cl2N2O3S/c13-9-3-4-10(14)11(7-9)15-12(17)8-16-5-1-2-6-20(16,18)19/h3-4,7H,1-2,5-6,8H2,(H,15,17). The molecule has 0 radical (unpaired) electrons. The maximum atomic E-state index is 11.9. The summed E-state index contributed by atoms with van der Waals surface area (Å²) in [6, 6.07) is 4.69. The molecule has 0 aliphatic carbocycles. The summed E-state index contributed by atoms with van der Waals surface area (Å²) in [4.78, 5) is 11.9. The highest BCUT2D eigenvalue weighted by Gasteiger charge is 2.27. The van der Waals surface area contributed by atoms with Crippen molar-refractivity contribution in [3.63, 3.8) is 0 Å². The Morgan fingerprint density at radius 3 is 2.75 bits per heavy atom. The van der Waals surface area contributed by atoms with Gasteiger partial charge in [0, 0.05) is 11.6 Å². The third-order valence-electron chi connectivity index (χ3n) is 2.98. The van der Waals surface area contributed by atoms with Crippen molar-refractivity contribution >= 4 is 44.8 Å². The molecular weight excluding hydrogens is 323 g/mol. The number of halogens is 2. The van der Waals surface area contributed by atoms with Gasteiger partial charge < -0.3 is 5.32 Å². The summed E-state index contributed by atoms with van der Waals surface area (Å²) in [6.45, 7) is 0.171. The van der Waals surface area contributed by atoms with Crippen molar-refractivity contribution in [1.82, 2.24) is 4.31 Å². The summed E-state index contributed by atoms with van der Waals surface area (Å²) >= 11 is 11.8. The molecule has 110 valence electrons. The number of rotatable bonds is 3. The van der Waals surface area contributed by atoms with Crippen LogP contribution in [0.3, 0.4) is 0 Å². The number of nitrogens with one attached hydrogen (secondary N) is 1. The van der Waals surface area contributed by atoms with Gasteiger partial charge in [-0.2, -0.15) is 4.31 Å². The second-order valence-corrected chi connectivity index (χ2v) is 7.46. The van der Waals surface area contributed by atoms with Crippen LogP contribution >= 0.6 is 23.2 Å². The van der Waals surface area contributed by atoms with Crippen LogP contribution in [0, 0.1) is 0 Å². The average molecular weight is 337 g/mol. The SMILES string of the molecule is O=C(CN1CCCCS1(=O)=O)Nc1cc(Cl)ccc1Cl. The molecule has 1 aromatic rings.